The van der Waals surface area contributed by atoms with E-state index in [9.17, 15) is 9.32 Å². The van der Waals surface area contributed by atoms with Gasteiger partial charge >= 0.3 is 0 Å². The Hall–Kier alpha value is 0.110. The number of hydrogen-bond acceptors (Lipinski definition) is 2. The highest BCUT2D eigenvalue weighted by atomic mass is 32.2. The molecule has 86 valence electrons. The highest BCUT2D eigenvalue weighted by Crippen LogP contribution is 2.46. The summed E-state index contributed by atoms with van der Waals surface area (Å²) < 4.78 is 12.0. The predicted molar refractivity (Wildman–Crippen MR) is 61.1 cm³/mol. The zero-order chi connectivity index (χ0) is 10.5. The monoisotopic (exact) mass is 228 g/mol. The summed E-state index contributed by atoms with van der Waals surface area (Å²) in [6.07, 6.45) is 8.60. The minimum absolute atomic E-state index is 0.307. The van der Waals surface area contributed by atoms with E-state index in [4.69, 9.17) is 0 Å². The third-order valence-corrected chi connectivity index (χ3v) is 6.41. The lowest BCUT2D eigenvalue weighted by Gasteiger charge is -2.43. The molecule has 2 aliphatic heterocycles. The lowest BCUT2D eigenvalue weighted by Crippen LogP contribution is -2.49. The summed E-state index contributed by atoms with van der Waals surface area (Å²) in [5.74, 6) is 0.780. The van der Waals surface area contributed by atoms with Crippen molar-refractivity contribution in [2.24, 2.45) is 5.92 Å². The van der Waals surface area contributed by atoms with E-state index < -0.39 is 16.4 Å². The van der Waals surface area contributed by atoms with E-state index in [1.54, 1.807) is 0 Å². The van der Waals surface area contributed by atoms with Crippen molar-refractivity contribution < 1.29 is 9.32 Å². The van der Waals surface area contributed by atoms with Crippen LogP contribution in [0, 0.1) is 5.92 Å². The summed E-state index contributed by atoms with van der Waals surface area (Å²) >= 11 is 0. The third kappa shape index (κ3) is 2.01. The SMILES string of the molecule is O=S1C2CCCC1CC(O)(CC1CC1)C2. The van der Waals surface area contributed by atoms with Gasteiger partial charge in [-0.1, -0.05) is 19.3 Å². The van der Waals surface area contributed by atoms with Gasteiger partial charge in [0.2, 0.25) is 0 Å². The Morgan fingerprint density at radius 1 is 1.13 bits per heavy atom. The van der Waals surface area contributed by atoms with Crippen LogP contribution < -0.4 is 0 Å². The molecule has 2 bridgehead atoms. The van der Waals surface area contributed by atoms with Gasteiger partial charge in [-0.05, 0) is 38.0 Å². The molecule has 1 N–H and O–H groups in total. The zero-order valence-corrected chi connectivity index (χ0v) is 9.97. The summed E-state index contributed by atoms with van der Waals surface area (Å²) in [4.78, 5) is 0. The number of rotatable bonds is 2. The first-order chi connectivity index (χ1) is 7.16. The molecule has 0 aromatic heterocycles. The summed E-state index contributed by atoms with van der Waals surface area (Å²) in [7, 11) is -0.637. The van der Waals surface area contributed by atoms with Crippen molar-refractivity contribution in [3.8, 4) is 0 Å². The fourth-order valence-corrected chi connectivity index (χ4v) is 5.69. The van der Waals surface area contributed by atoms with Crippen LogP contribution in [0.5, 0.6) is 0 Å². The molecule has 2 atom stereocenters. The zero-order valence-electron chi connectivity index (χ0n) is 9.15. The summed E-state index contributed by atoms with van der Waals surface area (Å²) in [6.45, 7) is 0. The van der Waals surface area contributed by atoms with Crippen LogP contribution in [0.3, 0.4) is 0 Å². The van der Waals surface area contributed by atoms with E-state index in [-0.39, 0.29) is 0 Å². The molecule has 3 aliphatic rings. The second-order valence-corrected chi connectivity index (χ2v) is 7.77. The van der Waals surface area contributed by atoms with Gasteiger partial charge in [0, 0.05) is 21.3 Å². The number of hydrogen-bond donors (Lipinski definition) is 1. The van der Waals surface area contributed by atoms with Crippen LogP contribution in [0.1, 0.15) is 51.4 Å². The largest absolute Gasteiger partial charge is 0.390 e. The molecular weight excluding hydrogens is 208 g/mol. The molecule has 3 rings (SSSR count). The van der Waals surface area contributed by atoms with E-state index in [1.165, 1.54) is 19.3 Å². The third-order valence-electron chi connectivity index (χ3n) is 4.29. The highest BCUT2D eigenvalue weighted by Gasteiger charge is 2.47. The quantitative estimate of drug-likeness (QED) is 0.784. The summed E-state index contributed by atoms with van der Waals surface area (Å²) in [5, 5.41) is 11.2. The van der Waals surface area contributed by atoms with Crippen molar-refractivity contribution in [3.05, 3.63) is 0 Å². The second kappa shape index (κ2) is 3.56. The van der Waals surface area contributed by atoms with E-state index in [1.807, 2.05) is 0 Å². The molecule has 1 saturated carbocycles. The predicted octanol–water partition coefficient (Wildman–Crippen LogP) is 1.98. The number of aliphatic hydroxyl groups is 1. The maximum Gasteiger partial charge on any atom is 0.0673 e. The van der Waals surface area contributed by atoms with Gasteiger partial charge in [-0.25, -0.2) is 0 Å². The standard InChI is InChI=1S/C12H20O2S/c13-12(6-9-4-5-9)7-10-2-1-3-11(8-12)15(10)14/h9-11,13H,1-8H2. The van der Waals surface area contributed by atoms with Crippen LogP contribution in [0.2, 0.25) is 0 Å². The van der Waals surface area contributed by atoms with Crippen LogP contribution >= 0.6 is 0 Å². The Morgan fingerprint density at radius 3 is 2.27 bits per heavy atom. The van der Waals surface area contributed by atoms with Gasteiger partial charge < -0.3 is 5.11 Å². The molecule has 2 saturated heterocycles. The molecule has 3 heteroatoms. The van der Waals surface area contributed by atoms with Crippen molar-refractivity contribution in [3.63, 3.8) is 0 Å². The normalized spacial score (nSPS) is 50.3. The van der Waals surface area contributed by atoms with Gasteiger partial charge in [-0.2, -0.15) is 0 Å². The Bertz CT molecular complexity index is 269. The highest BCUT2D eigenvalue weighted by molar-refractivity contribution is 7.86. The molecule has 0 radical (unpaired) electrons. The fraction of sp³-hybridized carbons (Fsp3) is 1.00. The molecule has 0 spiro atoms. The molecule has 2 heterocycles. The molecule has 2 unspecified atom stereocenters. The first-order valence-corrected chi connectivity index (χ1v) is 7.56. The van der Waals surface area contributed by atoms with E-state index in [0.29, 0.717) is 10.5 Å². The van der Waals surface area contributed by atoms with Crippen molar-refractivity contribution in [2.75, 3.05) is 0 Å². The maximum absolute atomic E-state index is 12.0. The molecule has 15 heavy (non-hydrogen) atoms. The smallest absolute Gasteiger partial charge is 0.0673 e. The Morgan fingerprint density at radius 2 is 1.73 bits per heavy atom. The van der Waals surface area contributed by atoms with Gasteiger partial charge in [0.25, 0.3) is 0 Å². The average Bonchev–Trinajstić information content (AvgIpc) is 2.92. The lowest BCUT2D eigenvalue weighted by molar-refractivity contribution is -0.00179. The van der Waals surface area contributed by atoms with Gasteiger partial charge in [-0.3, -0.25) is 4.21 Å². The van der Waals surface area contributed by atoms with Crippen molar-refractivity contribution in [2.45, 2.75) is 67.5 Å². The Labute approximate surface area is 93.9 Å². The fourth-order valence-electron chi connectivity index (χ4n) is 3.40. The van der Waals surface area contributed by atoms with Crippen molar-refractivity contribution in [1.29, 1.82) is 0 Å². The average molecular weight is 228 g/mol. The Balaban J connectivity index is 1.74. The van der Waals surface area contributed by atoms with Crippen LogP contribution in [0.25, 0.3) is 0 Å². The van der Waals surface area contributed by atoms with Crippen LogP contribution in [-0.4, -0.2) is 25.4 Å². The molecule has 0 aromatic rings. The van der Waals surface area contributed by atoms with Crippen molar-refractivity contribution >= 4 is 10.8 Å². The molecule has 0 aromatic carbocycles. The van der Waals surface area contributed by atoms with Gasteiger partial charge in [0.15, 0.2) is 0 Å². The van der Waals surface area contributed by atoms with E-state index in [0.717, 1.165) is 38.0 Å². The van der Waals surface area contributed by atoms with Crippen LogP contribution in [-0.2, 0) is 10.8 Å². The topological polar surface area (TPSA) is 37.3 Å². The summed E-state index contributed by atoms with van der Waals surface area (Å²) in [6, 6.07) is 0. The lowest BCUT2D eigenvalue weighted by atomic mass is 9.82. The minimum atomic E-state index is -0.637. The second-order valence-electron chi connectivity index (χ2n) is 5.78. The van der Waals surface area contributed by atoms with E-state index >= 15 is 0 Å². The Kier molecular flexibility index (Phi) is 2.44. The molecular formula is C12H20O2S. The van der Waals surface area contributed by atoms with E-state index in [2.05, 4.69) is 0 Å². The van der Waals surface area contributed by atoms with Crippen molar-refractivity contribution in [1.82, 2.24) is 0 Å². The van der Waals surface area contributed by atoms with Crippen LogP contribution in [0.15, 0.2) is 0 Å². The van der Waals surface area contributed by atoms with Gasteiger partial charge in [0.1, 0.15) is 0 Å². The minimum Gasteiger partial charge on any atom is -0.390 e. The maximum atomic E-state index is 12.0. The van der Waals surface area contributed by atoms with Gasteiger partial charge in [-0.15, -0.1) is 0 Å². The molecule has 1 aliphatic carbocycles. The first-order valence-electron chi connectivity index (χ1n) is 6.28. The number of fused-ring (bicyclic) bond motifs is 2. The summed E-state index contributed by atoms with van der Waals surface area (Å²) in [5.41, 5.74) is -0.454. The van der Waals surface area contributed by atoms with Crippen LogP contribution in [0.4, 0.5) is 0 Å². The molecule has 3 fully saturated rings. The molecule has 0 amide bonds. The van der Waals surface area contributed by atoms with Gasteiger partial charge in [0.05, 0.1) is 5.60 Å². The first kappa shape index (κ1) is 10.3. The molecule has 2 nitrogen and oxygen atoms in total.